The van der Waals surface area contributed by atoms with Crippen molar-refractivity contribution in [2.45, 2.75) is 36.0 Å². The van der Waals surface area contributed by atoms with Crippen molar-refractivity contribution in [2.75, 3.05) is 0 Å². The van der Waals surface area contributed by atoms with Crippen LogP contribution in [0.4, 0.5) is 4.39 Å². The van der Waals surface area contributed by atoms with Crippen molar-refractivity contribution >= 4 is 35.8 Å². The number of halogens is 1. The van der Waals surface area contributed by atoms with Crippen LogP contribution >= 0.6 is 12.2 Å². The Kier molecular flexibility index (Phi) is 3.99. The molecule has 0 saturated carbocycles. The van der Waals surface area contributed by atoms with E-state index >= 15 is 0 Å². The monoisotopic (exact) mass is 322 g/mol. The summed E-state index contributed by atoms with van der Waals surface area (Å²) in [4.78, 5) is 14.2. The third-order valence-corrected chi connectivity index (χ3v) is 3.88. The van der Waals surface area contributed by atoms with Gasteiger partial charge in [0.25, 0.3) is 5.85 Å². The lowest BCUT2D eigenvalue weighted by Gasteiger charge is -2.37. The highest BCUT2D eigenvalue weighted by Gasteiger charge is 2.66. The lowest BCUT2D eigenvalue weighted by molar-refractivity contribution is -0.243. The number of aliphatic hydroxyl groups is 3. The standard InChI is InChI=1S/C10H10B3FN2O5S/c1-3-2-16(7(19)15-6(3)22)9(11)5(18)4(17)8(14,21-9)10(12,13)20/h2,4-5,17-18,20H,1H3,(H,15,19,22)/t4-,5+,8-,9-/m0/s1. The van der Waals surface area contributed by atoms with E-state index in [-0.39, 0.29) is 4.64 Å². The molecule has 1 aromatic rings. The molecule has 0 aliphatic carbocycles. The second kappa shape index (κ2) is 5.03. The van der Waals surface area contributed by atoms with Crippen molar-refractivity contribution in [3.8, 4) is 0 Å². The first-order chi connectivity index (χ1) is 9.84. The number of alkyl halides is 1. The molecule has 12 heteroatoms. The van der Waals surface area contributed by atoms with Gasteiger partial charge in [0.2, 0.25) is 0 Å². The Balaban J connectivity index is 2.64. The molecule has 7 nitrogen and oxygen atoms in total. The molecule has 0 amide bonds. The summed E-state index contributed by atoms with van der Waals surface area (Å²) >= 11 is 4.85. The highest BCUT2D eigenvalue weighted by molar-refractivity contribution is 7.71. The summed E-state index contributed by atoms with van der Waals surface area (Å²) in [5, 5.41) is 26.0. The van der Waals surface area contributed by atoms with Gasteiger partial charge in [0.15, 0.2) is 0 Å². The second-order valence-electron chi connectivity index (χ2n) is 5.16. The van der Waals surface area contributed by atoms with E-state index in [2.05, 4.69) is 4.98 Å². The number of hydrogen-bond acceptors (Lipinski definition) is 6. The molecule has 0 unspecified atom stereocenters. The van der Waals surface area contributed by atoms with Gasteiger partial charge < -0.3 is 20.1 Å². The van der Waals surface area contributed by atoms with Crippen LogP contribution in [-0.4, -0.2) is 71.9 Å². The molecule has 1 aliphatic heterocycles. The van der Waals surface area contributed by atoms with E-state index in [1.807, 2.05) is 0 Å². The van der Waals surface area contributed by atoms with Gasteiger partial charge in [-0.3, -0.25) is 9.55 Å². The van der Waals surface area contributed by atoms with Crippen molar-refractivity contribution in [1.82, 2.24) is 9.55 Å². The van der Waals surface area contributed by atoms with E-state index in [1.165, 1.54) is 6.92 Å². The predicted molar refractivity (Wildman–Crippen MR) is 77.7 cm³/mol. The van der Waals surface area contributed by atoms with Gasteiger partial charge in [-0.25, -0.2) is 9.18 Å². The molecule has 0 aromatic carbocycles. The molecule has 2 rings (SSSR count). The molecule has 1 aliphatic rings. The highest BCUT2D eigenvalue weighted by Crippen LogP contribution is 2.44. The fourth-order valence-electron chi connectivity index (χ4n) is 2.12. The van der Waals surface area contributed by atoms with Gasteiger partial charge in [0, 0.05) is 17.2 Å². The van der Waals surface area contributed by atoms with E-state index in [1.54, 1.807) is 0 Å². The van der Waals surface area contributed by atoms with E-state index < -0.39 is 34.8 Å². The molecule has 0 spiro atoms. The molecule has 22 heavy (non-hydrogen) atoms. The highest BCUT2D eigenvalue weighted by atomic mass is 32.1. The number of H-pyrrole nitrogens is 1. The Hall–Kier alpha value is -0.935. The molecule has 112 valence electrons. The van der Waals surface area contributed by atoms with Crippen molar-refractivity contribution < 1.29 is 24.4 Å². The maximum Gasteiger partial charge on any atom is 0.328 e. The Bertz CT molecular complexity index is 722. The maximum atomic E-state index is 14.6. The van der Waals surface area contributed by atoms with Gasteiger partial charge in [-0.2, -0.15) is 0 Å². The first kappa shape index (κ1) is 17.4. The third kappa shape index (κ3) is 2.30. The number of aryl methyl sites for hydroxylation is 1. The van der Waals surface area contributed by atoms with Gasteiger partial charge in [-0.05, 0) is 6.92 Å². The topological polar surface area (TPSA) is 108 Å². The Morgan fingerprint density at radius 1 is 1.50 bits per heavy atom. The molecule has 1 saturated heterocycles. The molecule has 1 aromatic heterocycles. The third-order valence-electron chi connectivity index (χ3n) is 3.46. The number of aromatic nitrogens is 2. The first-order valence-corrected chi connectivity index (χ1v) is 6.42. The zero-order valence-electron chi connectivity index (χ0n) is 11.4. The van der Waals surface area contributed by atoms with Gasteiger partial charge in [-0.1, -0.05) is 12.2 Å². The minimum atomic E-state index is -3.53. The van der Waals surface area contributed by atoms with Gasteiger partial charge >= 0.3 is 5.69 Å². The van der Waals surface area contributed by atoms with Gasteiger partial charge in [0.05, 0.1) is 0 Å². The number of hydrogen-bond donors (Lipinski definition) is 4. The Morgan fingerprint density at radius 3 is 2.50 bits per heavy atom. The van der Waals surface area contributed by atoms with E-state index in [4.69, 9.17) is 40.5 Å². The number of rotatable bonds is 2. The number of aromatic amines is 1. The largest absolute Gasteiger partial charge is 0.403 e. The quantitative estimate of drug-likeness (QED) is 0.351. The minimum absolute atomic E-state index is 0.0959. The normalized spacial score (nSPS) is 35.7. The number of aliphatic hydroxyl groups excluding tert-OH is 2. The predicted octanol–water partition coefficient (Wildman–Crippen LogP) is -2.61. The van der Waals surface area contributed by atoms with Crippen molar-refractivity contribution in [3.63, 3.8) is 0 Å². The minimum Gasteiger partial charge on any atom is -0.403 e. The van der Waals surface area contributed by atoms with Crippen LogP contribution in [0.2, 0.25) is 0 Å². The zero-order chi connectivity index (χ0) is 17.1. The lowest BCUT2D eigenvalue weighted by Crippen LogP contribution is -2.59. The Labute approximate surface area is 133 Å². The summed E-state index contributed by atoms with van der Waals surface area (Å²) in [7, 11) is 15.7. The van der Waals surface area contributed by atoms with Crippen molar-refractivity contribution in [1.29, 1.82) is 0 Å². The smallest absolute Gasteiger partial charge is 0.328 e. The maximum absolute atomic E-state index is 14.6. The van der Waals surface area contributed by atoms with Crippen LogP contribution in [0, 0.1) is 11.6 Å². The number of nitrogens with one attached hydrogen (secondary N) is 1. The molecule has 6 radical (unpaired) electrons. The van der Waals surface area contributed by atoms with Gasteiger partial charge in [0.1, 0.15) is 46.0 Å². The second-order valence-corrected chi connectivity index (χ2v) is 5.56. The van der Waals surface area contributed by atoms with Crippen LogP contribution in [0.1, 0.15) is 5.56 Å². The summed E-state index contributed by atoms with van der Waals surface area (Å²) in [6.45, 7) is 1.51. The fraction of sp³-hybridized carbons (Fsp3) is 0.600. The summed E-state index contributed by atoms with van der Waals surface area (Å²) < 4.78 is 20.0. The molecular formula is C10H10B3FN2O5S. The molecular weight excluding hydrogens is 312 g/mol. The first-order valence-electron chi connectivity index (χ1n) is 6.02. The number of nitrogens with zero attached hydrogens (tertiary/aromatic N) is 1. The van der Waals surface area contributed by atoms with E-state index in [0.29, 0.717) is 10.1 Å². The van der Waals surface area contributed by atoms with Crippen LogP contribution in [0.3, 0.4) is 0 Å². The molecule has 1 fully saturated rings. The fourth-order valence-corrected chi connectivity index (χ4v) is 2.26. The average molecular weight is 322 g/mol. The number of ether oxygens (including phenoxy) is 1. The van der Waals surface area contributed by atoms with Crippen LogP contribution in [0.15, 0.2) is 11.0 Å². The SMILES string of the molecule is [B]C([B])(O)[C@@]1(F)O[C@@]([B])(n2cc(C)c(=S)[nH]c2=O)[C@H](O)[C@@H]1O. The summed E-state index contributed by atoms with van der Waals surface area (Å²) in [6.07, 6.45) is -3.50. The average Bonchev–Trinajstić information content (AvgIpc) is 2.56. The Morgan fingerprint density at radius 2 is 2.05 bits per heavy atom. The summed E-state index contributed by atoms with van der Waals surface area (Å²) in [6, 6.07) is 0. The lowest BCUT2D eigenvalue weighted by atomic mass is 9.59. The van der Waals surface area contributed by atoms with Gasteiger partial charge in [-0.15, -0.1) is 0 Å². The van der Waals surface area contributed by atoms with Crippen LogP contribution in [0.5, 0.6) is 0 Å². The zero-order valence-corrected chi connectivity index (χ0v) is 12.2. The van der Waals surface area contributed by atoms with Crippen LogP contribution in [-0.2, 0) is 10.4 Å². The van der Waals surface area contributed by atoms with Crippen LogP contribution < -0.4 is 5.69 Å². The van der Waals surface area contributed by atoms with Crippen molar-refractivity contribution in [3.05, 3.63) is 26.9 Å². The van der Waals surface area contributed by atoms with Crippen molar-refractivity contribution in [2.24, 2.45) is 0 Å². The van der Waals surface area contributed by atoms with E-state index in [9.17, 15) is 24.5 Å². The molecule has 2 heterocycles. The van der Waals surface area contributed by atoms with E-state index in [0.717, 1.165) is 6.20 Å². The molecule has 4 N–H and O–H groups in total. The summed E-state index contributed by atoms with van der Waals surface area (Å²) in [5.74, 6) is -3.53. The molecule has 4 atom stereocenters. The van der Waals surface area contributed by atoms with Crippen LogP contribution in [0.25, 0.3) is 0 Å². The molecule has 0 bridgehead atoms. The summed E-state index contributed by atoms with van der Waals surface area (Å²) in [5.41, 5.74) is -3.16.